The van der Waals surface area contributed by atoms with Gasteiger partial charge in [0, 0.05) is 6.26 Å². The highest BCUT2D eigenvalue weighted by molar-refractivity contribution is 7.91. The van der Waals surface area contributed by atoms with E-state index in [2.05, 4.69) is 0 Å². The molecule has 0 heterocycles. The molecule has 4 heteroatoms. The third kappa shape index (κ3) is 2.66. The first-order valence-corrected chi connectivity index (χ1v) is 5.29. The Labute approximate surface area is 62.5 Å². The summed E-state index contributed by atoms with van der Waals surface area (Å²) in [5.74, 6) is 0.0509. The third-order valence-electron chi connectivity index (χ3n) is 1.70. The zero-order chi connectivity index (χ0) is 8.36. The molecule has 0 amide bonds. The van der Waals surface area contributed by atoms with Crippen molar-refractivity contribution >= 4 is 9.84 Å². The van der Waals surface area contributed by atoms with Crippen LogP contribution in [0.25, 0.3) is 0 Å². The molecule has 0 aliphatic heterocycles. The molecule has 0 rings (SSSR count). The van der Waals surface area contributed by atoms with Crippen LogP contribution >= 0.6 is 0 Å². The molecule has 0 saturated carbocycles. The van der Waals surface area contributed by atoms with E-state index in [9.17, 15) is 8.42 Å². The quantitative estimate of drug-likeness (QED) is 0.657. The van der Waals surface area contributed by atoms with Crippen LogP contribution in [0.4, 0.5) is 0 Å². The SMILES string of the molecule is CCC(C)C(N)S(C)(=O)=O. The van der Waals surface area contributed by atoms with Crippen LogP contribution in [0.5, 0.6) is 0 Å². The van der Waals surface area contributed by atoms with Crippen molar-refractivity contribution in [3.05, 3.63) is 0 Å². The first-order valence-electron chi connectivity index (χ1n) is 3.34. The van der Waals surface area contributed by atoms with Crippen LogP contribution in [-0.4, -0.2) is 20.0 Å². The lowest BCUT2D eigenvalue weighted by molar-refractivity contribution is 0.502. The van der Waals surface area contributed by atoms with Gasteiger partial charge in [0.25, 0.3) is 0 Å². The smallest absolute Gasteiger partial charge is 0.163 e. The molecule has 0 aromatic carbocycles. The standard InChI is InChI=1S/C6H15NO2S/c1-4-5(2)6(7)10(3,8)9/h5-6H,4,7H2,1-3H3. The fourth-order valence-electron chi connectivity index (χ4n) is 0.654. The van der Waals surface area contributed by atoms with Crippen molar-refractivity contribution in [2.45, 2.75) is 25.6 Å². The Kier molecular flexibility index (Phi) is 3.31. The number of hydrogen-bond acceptors (Lipinski definition) is 3. The number of nitrogens with two attached hydrogens (primary N) is 1. The fraction of sp³-hybridized carbons (Fsp3) is 1.00. The summed E-state index contributed by atoms with van der Waals surface area (Å²) in [6, 6.07) is 0. The van der Waals surface area contributed by atoms with Crippen LogP contribution in [-0.2, 0) is 9.84 Å². The van der Waals surface area contributed by atoms with Gasteiger partial charge in [-0.3, -0.25) is 0 Å². The van der Waals surface area contributed by atoms with Gasteiger partial charge in [-0.1, -0.05) is 20.3 Å². The van der Waals surface area contributed by atoms with E-state index in [1.165, 1.54) is 6.26 Å². The van der Waals surface area contributed by atoms with E-state index in [1.807, 2.05) is 13.8 Å². The second-order valence-corrected chi connectivity index (χ2v) is 4.88. The zero-order valence-electron chi connectivity index (χ0n) is 6.66. The highest BCUT2D eigenvalue weighted by Gasteiger charge is 2.20. The highest BCUT2D eigenvalue weighted by Crippen LogP contribution is 2.09. The van der Waals surface area contributed by atoms with Gasteiger partial charge in [0.15, 0.2) is 9.84 Å². The topological polar surface area (TPSA) is 60.2 Å². The van der Waals surface area contributed by atoms with Gasteiger partial charge in [-0.05, 0) is 5.92 Å². The van der Waals surface area contributed by atoms with Crippen LogP contribution in [0.2, 0.25) is 0 Å². The molecule has 0 aromatic heterocycles. The summed E-state index contributed by atoms with van der Waals surface area (Å²) in [5.41, 5.74) is 5.42. The Morgan fingerprint density at radius 2 is 1.90 bits per heavy atom. The molecule has 2 atom stereocenters. The molecule has 2 unspecified atom stereocenters. The van der Waals surface area contributed by atoms with E-state index in [0.717, 1.165) is 6.42 Å². The van der Waals surface area contributed by atoms with E-state index in [0.29, 0.717) is 0 Å². The molecule has 0 aliphatic rings. The largest absolute Gasteiger partial charge is 0.315 e. The Morgan fingerprint density at radius 3 is 2.00 bits per heavy atom. The van der Waals surface area contributed by atoms with E-state index < -0.39 is 15.2 Å². The van der Waals surface area contributed by atoms with Crippen LogP contribution in [0.1, 0.15) is 20.3 Å². The summed E-state index contributed by atoms with van der Waals surface area (Å²) in [5, 5.41) is -0.697. The van der Waals surface area contributed by atoms with Crippen molar-refractivity contribution in [3.8, 4) is 0 Å². The first-order chi connectivity index (χ1) is 4.39. The molecule has 3 nitrogen and oxygen atoms in total. The Balaban J connectivity index is 4.23. The molecule has 0 radical (unpaired) electrons. The minimum atomic E-state index is -3.04. The molecule has 2 N–H and O–H groups in total. The van der Waals surface area contributed by atoms with E-state index in [1.54, 1.807) is 0 Å². The number of sulfone groups is 1. The molecule has 0 aliphatic carbocycles. The van der Waals surface area contributed by atoms with Crippen molar-refractivity contribution in [2.75, 3.05) is 6.26 Å². The van der Waals surface area contributed by atoms with Gasteiger partial charge in [0.05, 0.1) is 0 Å². The fourth-order valence-corrected chi connectivity index (χ4v) is 1.69. The lowest BCUT2D eigenvalue weighted by Gasteiger charge is -2.15. The average molecular weight is 165 g/mol. The van der Waals surface area contributed by atoms with Crippen molar-refractivity contribution in [3.63, 3.8) is 0 Å². The monoisotopic (exact) mass is 165 g/mol. The Morgan fingerprint density at radius 1 is 1.50 bits per heavy atom. The van der Waals surface area contributed by atoms with Gasteiger partial charge in [0.2, 0.25) is 0 Å². The summed E-state index contributed by atoms with van der Waals surface area (Å²) in [6.45, 7) is 3.77. The lowest BCUT2D eigenvalue weighted by atomic mass is 10.1. The van der Waals surface area contributed by atoms with Crippen molar-refractivity contribution in [1.82, 2.24) is 0 Å². The summed E-state index contributed by atoms with van der Waals surface area (Å²) in [7, 11) is -3.04. The van der Waals surface area contributed by atoms with Gasteiger partial charge >= 0.3 is 0 Å². The Bertz CT molecular complexity index is 186. The van der Waals surface area contributed by atoms with Crippen LogP contribution < -0.4 is 5.73 Å². The van der Waals surface area contributed by atoms with Gasteiger partial charge in [-0.2, -0.15) is 0 Å². The Hall–Kier alpha value is -0.0900. The molecular formula is C6H15NO2S. The molecular weight excluding hydrogens is 150 g/mol. The maximum atomic E-state index is 10.8. The maximum Gasteiger partial charge on any atom is 0.163 e. The second-order valence-electron chi connectivity index (χ2n) is 2.68. The van der Waals surface area contributed by atoms with Crippen LogP contribution in [0.15, 0.2) is 0 Å². The van der Waals surface area contributed by atoms with Crippen LogP contribution in [0.3, 0.4) is 0 Å². The zero-order valence-corrected chi connectivity index (χ0v) is 7.48. The van der Waals surface area contributed by atoms with E-state index >= 15 is 0 Å². The lowest BCUT2D eigenvalue weighted by Crippen LogP contribution is -2.35. The molecule has 0 bridgehead atoms. The number of rotatable bonds is 3. The predicted molar refractivity (Wildman–Crippen MR) is 42.3 cm³/mol. The van der Waals surface area contributed by atoms with Crippen molar-refractivity contribution < 1.29 is 8.42 Å². The predicted octanol–water partition coefficient (Wildman–Crippen LogP) is 0.362. The first kappa shape index (κ1) is 9.91. The summed E-state index contributed by atoms with van der Waals surface area (Å²) < 4.78 is 21.6. The van der Waals surface area contributed by atoms with Crippen molar-refractivity contribution in [1.29, 1.82) is 0 Å². The minimum absolute atomic E-state index is 0.0509. The van der Waals surface area contributed by atoms with E-state index in [-0.39, 0.29) is 5.92 Å². The van der Waals surface area contributed by atoms with Gasteiger partial charge < -0.3 is 5.73 Å². The molecule has 0 saturated heterocycles. The van der Waals surface area contributed by atoms with Gasteiger partial charge in [0.1, 0.15) is 5.37 Å². The molecule has 0 fully saturated rings. The summed E-state index contributed by atoms with van der Waals surface area (Å²) >= 11 is 0. The van der Waals surface area contributed by atoms with Gasteiger partial charge in [-0.25, -0.2) is 8.42 Å². The number of hydrogen-bond donors (Lipinski definition) is 1. The second kappa shape index (κ2) is 3.34. The van der Waals surface area contributed by atoms with E-state index in [4.69, 9.17) is 5.73 Å². The normalized spacial score (nSPS) is 18.4. The highest BCUT2D eigenvalue weighted by atomic mass is 32.2. The van der Waals surface area contributed by atoms with Crippen LogP contribution in [0, 0.1) is 5.92 Å². The van der Waals surface area contributed by atoms with Crippen molar-refractivity contribution in [2.24, 2.45) is 11.7 Å². The summed E-state index contributed by atoms with van der Waals surface area (Å²) in [4.78, 5) is 0. The molecule has 0 aromatic rings. The maximum absolute atomic E-state index is 10.8. The molecule has 10 heavy (non-hydrogen) atoms. The molecule has 62 valence electrons. The minimum Gasteiger partial charge on any atom is -0.315 e. The summed E-state index contributed by atoms with van der Waals surface area (Å²) in [6.07, 6.45) is 1.97. The van der Waals surface area contributed by atoms with Gasteiger partial charge in [-0.15, -0.1) is 0 Å². The molecule has 0 spiro atoms. The average Bonchev–Trinajstić information content (AvgIpc) is 1.83. The third-order valence-corrected chi connectivity index (χ3v) is 3.15.